The summed E-state index contributed by atoms with van der Waals surface area (Å²) < 4.78 is 59.1. The number of carbonyl (C=O) groups is 1. The lowest BCUT2D eigenvalue weighted by molar-refractivity contribution is -0.301. The molecule has 0 bridgehead atoms. The summed E-state index contributed by atoms with van der Waals surface area (Å²) in [6.07, 6.45) is 34.0. The molecule has 1 saturated heterocycles. The Labute approximate surface area is 366 Å². The second-order valence-corrected chi connectivity index (χ2v) is 18.1. The zero-order chi connectivity index (χ0) is 43.9. The molecule has 1 aliphatic rings. The Morgan fingerprint density at radius 3 is 1.53 bits per heavy atom. The summed E-state index contributed by atoms with van der Waals surface area (Å²) in [5, 5.41) is 30.7. The fourth-order valence-corrected chi connectivity index (χ4v) is 8.18. The minimum absolute atomic E-state index is 0.0384. The van der Waals surface area contributed by atoms with E-state index in [2.05, 4.69) is 30.2 Å². The Morgan fingerprint density at radius 2 is 1.05 bits per heavy atom. The second kappa shape index (κ2) is 39.4. The van der Waals surface area contributed by atoms with Crippen molar-refractivity contribution in [1.29, 1.82) is 0 Å². The van der Waals surface area contributed by atoms with Crippen LogP contribution in [0.5, 0.6) is 0 Å². The molecule has 1 rings (SSSR count). The van der Waals surface area contributed by atoms with E-state index in [0.717, 1.165) is 57.8 Å². The van der Waals surface area contributed by atoms with Crippen LogP contribution in [0.3, 0.4) is 0 Å². The highest BCUT2D eigenvalue weighted by Gasteiger charge is 2.48. The molecule has 12 nitrogen and oxygen atoms in total. The minimum atomic E-state index is -5.06. The highest BCUT2D eigenvalue weighted by Crippen LogP contribution is 2.26. The van der Waals surface area contributed by atoms with Crippen molar-refractivity contribution in [1.82, 2.24) is 0 Å². The molecule has 0 aromatic rings. The molecular formula is C47H90O12S. The molecule has 0 saturated carbocycles. The van der Waals surface area contributed by atoms with E-state index in [1.165, 1.54) is 135 Å². The number of aliphatic hydroxyl groups is 3. The quantitative estimate of drug-likeness (QED) is 0.0197. The van der Waals surface area contributed by atoms with Crippen LogP contribution < -0.4 is 0 Å². The summed E-state index contributed by atoms with van der Waals surface area (Å²) in [5.41, 5.74) is 0. The molecule has 0 amide bonds. The third-order valence-corrected chi connectivity index (χ3v) is 11.9. The van der Waals surface area contributed by atoms with Crippen molar-refractivity contribution in [3.05, 3.63) is 12.2 Å². The third kappa shape index (κ3) is 32.5. The van der Waals surface area contributed by atoms with Gasteiger partial charge in [-0.3, -0.25) is 9.35 Å². The summed E-state index contributed by atoms with van der Waals surface area (Å²) >= 11 is 0. The van der Waals surface area contributed by atoms with Gasteiger partial charge in [0.05, 0.1) is 19.8 Å². The molecule has 1 heterocycles. The zero-order valence-electron chi connectivity index (χ0n) is 38.0. The van der Waals surface area contributed by atoms with Gasteiger partial charge in [-0.2, -0.15) is 8.42 Å². The van der Waals surface area contributed by atoms with Crippen LogP contribution in [-0.4, -0.2) is 97.5 Å². The van der Waals surface area contributed by atoms with Crippen LogP contribution in [0.4, 0.5) is 0 Å². The number of unbranched alkanes of at least 4 members (excludes halogenated alkanes) is 28. The van der Waals surface area contributed by atoms with Crippen LogP contribution >= 0.6 is 0 Å². The standard InChI is InChI=1S/C47H90O12S/c1-3-5-7-9-11-13-15-17-18-19-20-21-22-23-24-25-27-29-31-33-35-37-55-39-41(57-43(49)36-34-32-30-28-26-16-14-12-10-8-6-4-2)40-56-47-45(51)46(59-60(52,53)54)44(50)42(38-48)58-47/h12,14,41-42,44-48,50-51H,3-11,13,15-40H2,1-2H3,(H,52,53,54)/b14-12-. The zero-order valence-corrected chi connectivity index (χ0v) is 38.9. The lowest BCUT2D eigenvalue weighted by Gasteiger charge is -2.41. The Kier molecular flexibility index (Phi) is 37.4. The van der Waals surface area contributed by atoms with Crippen molar-refractivity contribution in [3.63, 3.8) is 0 Å². The normalized spacial score (nSPS) is 20.3. The fraction of sp³-hybridized carbons (Fsp3) is 0.936. The first-order valence-corrected chi connectivity index (χ1v) is 25.8. The summed E-state index contributed by atoms with van der Waals surface area (Å²) in [6.45, 7) is 3.99. The van der Waals surface area contributed by atoms with Crippen molar-refractivity contribution in [2.24, 2.45) is 0 Å². The van der Waals surface area contributed by atoms with Gasteiger partial charge in [0.2, 0.25) is 0 Å². The lowest BCUT2D eigenvalue weighted by atomic mass is 9.99. The van der Waals surface area contributed by atoms with E-state index in [0.29, 0.717) is 13.0 Å². The first kappa shape index (κ1) is 56.9. The fourth-order valence-electron chi connectivity index (χ4n) is 7.67. The Morgan fingerprint density at radius 1 is 0.617 bits per heavy atom. The number of ether oxygens (including phenoxy) is 4. The molecule has 6 unspecified atom stereocenters. The summed E-state index contributed by atoms with van der Waals surface area (Å²) in [6, 6.07) is 0. The Balaban J connectivity index is 2.33. The molecule has 13 heteroatoms. The highest BCUT2D eigenvalue weighted by molar-refractivity contribution is 7.80. The largest absolute Gasteiger partial charge is 0.457 e. The summed E-state index contributed by atoms with van der Waals surface area (Å²) in [7, 11) is -5.06. The van der Waals surface area contributed by atoms with Crippen molar-refractivity contribution in [3.8, 4) is 0 Å². The average Bonchev–Trinajstić information content (AvgIpc) is 3.22. The maximum absolute atomic E-state index is 12.8. The van der Waals surface area contributed by atoms with Crippen LogP contribution in [0, 0.1) is 0 Å². The second-order valence-electron chi connectivity index (χ2n) is 17.1. The van der Waals surface area contributed by atoms with E-state index >= 15 is 0 Å². The monoisotopic (exact) mass is 879 g/mol. The molecule has 1 aliphatic heterocycles. The molecule has 0 aromatic carbocycles. The van der Waals surface area contributed by atoms with E-state index in [1.54, 1.807) is 0 Å². The van der Waals surface area contributed by atoms with Gasteiger partial charge in [-0.25, -0.2) is 4.18 Å². The van der Waals surface area contributed by atoms with E-state index in [-0.39, 0.29) is 19.6 Å². The third-order valence-electron chi connectivity index (χ3n) is 11.4. The topological polar surface area (TPSA) is 178 Å². The van der Waals surface area contributed by atoms with Gasteiger partial charge in [-0.15, -0.1) is 0 Å². The van der Waals surface area contributed by atoms with Gasteiger partial charge in [-0.05, 0) is 38.5 Å². The van der Waals surface area contributed by atoms with E-state index in [1.807, 2.05) is 0 Å². The predicted octanol–water partition coefficient (Wildman–Crippen LogP) is 10.6. The number of aliphatic hydroxyl groups excluding tert-OH is 3. The first-order chi connectivity index (χ1) is 29.1. The number of carbonyl (C=O) groups excluding carboxylic acids is 1. The van der Waals surface area contributed by atoms with Crippen LogP contribution in [0.2, 0.25) is 0 Å². The number of allylic oxidation sites excluding steroid dienone is 2. The molecular weight excluding hydrogens is 789 g/mol. The van der Waals surface area contributed by atoms with Gasteiger partial charge < -0.3 is 34.3 Å². The molecule has 1 fully saturated rings. The van der Waals surface area contributed by atoms with E-state index < -0.39 is 59.8 Å². The van der Waals surface area contributed by atoms with Crippen molar-refractivity contribution >= 4 is 16.4 Å². The highest BCUT2D eigenvalue weighted by atomic mass is 32.3. The Bertz CT molecular complexity index is 1110. The maximum atomic E-state index is 12.8. The molecule has 4 N–H and O–H groups in total. The summed E-state index contributed by atoms with van der Waals surface area (Å²) in [5.74, 6) is -0.405. The van der Waals surface area contributed by atoms with Gasteiger partial charge in [0.1, 0.15) is 30.5 Å². The van der Waals surface area contributed by atoms with Gasteiger partial charge in [-0.1, -0.05) is 187 Å². The first-order valence-electron chi connectivity index (χ1n) is 24.4. The molecule has 0 aliphatic carbocycles. The number of hydrogen-bond donors (Lipinski definition) is 4. The van der Waals surface area contributed by atoms with Crippen molar-refractivity contribution in [2.45, 2.75) is 256 Å². The van der Waals surface area contributed by atoms with Gasteiger partial charge in [0.15, 0.2) is 6.29 Å². The van der Waals surface area contributed by atoms with E-state index in [9.17, 15) is 28.5 Å². The van der Waals surface area contributed by atoms with Gasteiger partial charge in [0.25, 0.3) is 0 Å². The number of hydrogen-bond acceptors (Lipinski definition) is 11. The number of esters is 1. The molecule has 60 heavy (non-hydrogen) atoms. The Hall–Kier alpha value is -1.16. The van der Waals surface area contributed by atoms with Gasteiger partial charge in [0, 0.05) is 13.0 Å². The van der Waals surface area contributed by atoms with Crippen LogP contribution in [0.25, 0.3) is 0 Å². The molecule has 0 spiro atoms. The van der Waals surface area contributed by atoms with Crippen molar-refractivity contribution < 1.29 is 56.2 Å². The molecule has 0 aromatic heterocycles. The summed E-state index contributed by atoms with van der Waals surface area (Å²) in [4.78, 5) is 12.8. The smallest absolute Gasteiger partial charge is 0.397 e. The SMILES string of the molecule is CCCCC/C=C\CCCCCCCC(=O)OC(COCCCCCCCCCCCCCCCCCCCCCCC)COC1OC(CO)C(O)C(OS(=O)(=O)O)C1O. The predicted molar refractivity (Wildman–Crippen MR) is 239 cm³/mol. The van der Waals surface area contributed by atoms with Crippen molar-refractivity contribution in [2.75, 3.05) is 26.4 Å². The van der Waals surface area contributed by atoms with Crippen LogP contribution in [-0.2, 0) is 38.3 Å². The maximum Gasteiger partial charge on any atom is 0.397 e. The molecule has 356 valence electrons. The number of rotatable bonds is 43. The molecule has 0 radical (unpaired) electrons. The lowest BCUT2D eigenvalue weighted by Crippen LogP contribution is -2.60. The minimum Gasteiger partial charge on any atom is -0.457 e. The van der Waals surface area contributed by atoms with E-state index in [4.69, 9.17) is 23.5 Å². The molecule has 6 atom stereocenters. The van der Waals surface area contributed by atoms with Gasteiger partial charge >= 0.3 is 16.4 Å². The average molecular weight is 879 g/mol. The van der Waals surface area contributed by atoms with Crippen LogP contribution in [0.1, 0.15) is 219 Å². The van der Waals surface area contributed by atoms with Crippen LogP contribution in [0.15, 0.2) is 12.2 Å².